The number of fused-ring (bicyclic) bond motifs is 11. The van der Waals surface area contributed by atoms with Gasteiger partial charge < -0.3 is 0 Å². The molecule has 0 atom stereocenters. The third-order valence-electron chi connectivity index (χ3n) is 22.9. The Morgan fingerprint density at radius 2 is 0.514 bits per heavy atom. The standard InChI is InChI=1S/C98H84B2N4Se/c1-95(2,3)71-55-72(96(4,5)6)58-75(57-71)101-81-48-44-67(61-31-19-13-20-32-61)49-80(81)100-79-47-46-78-89-90(79)104(86-54-69(51-83(101)88(86)100)63-35-23-15-24-36-63)92-91(93(65-39-27-17-28-40-65)105-94(92)66-41-29-18-30-42-66)103(89)85-53-70(64-37-25-16-26-38-64)52-84-87(85)99(78)77-45-43-68(62-33-21-14-22-34-62)50-82(77)102(84)76-59-73(97(7,8)9)56-74(60-76)98(10,11)12/h13-60H,1-12H3. The molecule has 0 spiro atoms. The molecule has 0 radical (unpaired) electrons. The molecule has 0 unspecified atom stereocenters. The van der Waals surface area contributed by atoms with E-state index in [1.807, 2.05) is 0 Å². The van der Waals surface area contributed by atoms with Gasteiger partial charge in [0.1, 0.15) is 0 Å². The van der Waals surface area contributed by atoms with E-state index < -0.39 is 0 Å². The maximum absolute atomic E-state index is 2.84. The Labute approximate surface area is 626 Å². The van der Waals surface area contributed by atoms with Crippen LogP contribution in [0, 0.1) is 0 Å². The van der Waals surface area contributed by atoms with E-state index in [1.54, 1.807) is 0 Å². The molecular formula is C98H84B2N4Se. The van der Waals surface area contributed by atoms with Gasteiger partial charge in [-0.05, 0) is 0 Å². The van der Waals surface area contributed by atoms with Gasteiger partial charge in [0, 0.05) is 0 Å². The Bertz CT molecular complexity index is 5780. The van der Waals surface area contributed by atoms with E-state index in [-0.39, 0.29) is 49.6 Å². The third kappa shape index (κ3) is 10.5. The first-order chi connectivity index (χ1) is 50.6. The van der Waals surface area contributed by atoms with Crippen molar-refractivity contribution in [2.75, 3.05) is 19.6 Å². The van der Waals surface area contributed by atoms with Crippen LogP contribution in [0.1, 0.15) is 105 Å². The molecule has 14 aromatic rings. The summed E-state index contributed by atoms with van der Waals surface area (Å²) in [7, 11) is 0. The predicted octanol–water partition coefficient (Wildman–Crippen LogP) is 22.4. The van der Waals surface area contributed by atoms with Gasteiger partial charge in [0.15, 0.2) is 0 Å². The van der Waals surface area contributed by atoms with Crippen LogP contribution >= 0.6 is 0 Å². The first-order valence-electron chi connectivity index (χ1n) is 37.4. The summed E-state index contributed by atoms with van der Waals surface area (Å²) in [4.78, 5) is 11.0. The quantitative estimate of drug-likeness (QED) is 0.141. The molecule has 508 valence electrons. The fraction of sp³-hybridized carbons (Fsp3) is 0.163. The van der Waals surface area contributed by atoms with E-state index in [4.69, 9.17) is 0 Å². The summed E-state index contributed by atoms with van der Waals surface area (Å²) < 4.78 is 2.74. The van der Waals surface area contributed by atoms with Crippen LogP contribution in [0.3, 0.4) is 0 Å². The molecule has 7 heteroatoms. The molecule has 0 aliphatic carbocycles. The molecule has 6 heterocycles. The van der Waals surface area contributed by atoms with Crippen molar-refractivity contribution in [1.82, 2.24) is 0 Å². The molecule has 1 aromatic heterocycles. The van der Waals surface area contributed by atoms with Crippen molar-refractivity contribution < 1.29 is 0 Å². The molecule has 0 fully saturated rings. The van der Waals surface area contributed by atoms with Crippen molar-refractivity contribution >= 4 is 129 Å². The second-order valence-corrected chi connectivity index (χ2v) is 35.9. The number of anilines is 12. The van der Waals surface area contributed by atoms with Crippen LogP contribution in [0.15, 0.2) is 291 Å². The van der Waals surface area contributed by atoms with E-state index in [1.165, 1.54) is 188 Å². The average Bonchev–Trinajstić information content (AvgIpc) is 1.65. The van der Waals surface area contributed by atoms with Gasteiger partial charge in [0.25, 0.3) is 0 Å². The molecule has 13 aromatic carbocycles. The zero-order chi connectivity index (χ0) is 71.7. The van der Waals surface area contributed by atoms with Gasteiger partial charge in [-0.1, -0.05) is 24.3 Å². The Kier molecular flexibility index (Phi) is 14.8. The molecule has 0 saturated heterocycles. The summed E-state index contributed by atoms with van der Waals surface area (Å²) in [6.45, 7) is 28.1. The molecule has 4 nitrogen and oxygen atoms in total. The molecule has 0 amide bonds. The van der Waals surface area contributed by atoms with Crippen LogP contribution in [0.25, 0.3) is 64.5 Å². The summed E-state index contributed by atoms with van der Waals surface area (Å²) in [6, 6.07) is 113. The van der Waals surface area contributed by atoms with Crippen LogP contribution in [-0.2, 0) is 21.7 Å². The molecule has 105 heavy (non-hydrogen) atoms. The molecule has 19 rings (SSSR count). The van der Waals surface area contributed by atoms with Gasteiger partial charge in [-0.3, -0.25) is 0 Å². The SMILES string of the molecule is CC(C)(C)c1cc(N2c3ccc(-c4ccccc4)cc3B3c4ccc5c6c4N(c4cc(-c7ccccc7)cc2c43)c2c(-c3ccccc3)[se]c(-c3ccccc3)c2N6c2cc(-c3ccccc3)cc3c2B5c2ccc(-c4ccccc4)cc2N3c2cc(C(C)(C)C)cc(C(C)(C)C)c2)cc(C(C)(C)C)c1. The Hall–Kier alpha value is -10.8. The first kappa shape index (κ1) is 65.0. The normalized spacial score (nSPS) is 13.8. The van der Waals surface area contributed by atoms with Crippen molar-refractivity contribution in [2.45, 2.75) is 105 Å². The number of benzene rings is 13. The number of nitrogens with zero attached hydrogens (tertiary/aromatic N) is 4. The van der Waals surface area contributed by atoms with Crippen molar-refractivity contribution in [3.8, 4) is 64.5 Å². The van der Waals surface area contributed by atoms with E-state index in [2.05, 4.69) is 394 Å². The van der Waals surface area contributed by atoms with Gasteiger partial charge in [-0.25, -0.2) is 0 Å². The number of rotatable bonds is 8. The Morgan fingerprint density at radius 1 is 0.219 bits per heavy atom. The third-order valence-corrected chi connectivity index (χ3v) is 25.5. The monoisotopic (exact) mass is 1420 g/mol. The Balaban J connectivity index is 0.992. The van der Waals surface area contributed by atoms with Crippen molar-refractivity contribution in [3.63, 3.8) is 0 Å². The van der Waals surface area contributed by atoms with Crippen molar-refractivity contribution in [1.29, 1.82) is 0 Å². The zero-order valence-corrected chi connectivity index (χ0v) is 63.8. The molecule has 0 bridgehead atoms. The van der Waals surface area contributed by atoms with Gasteiger partial charge >= 0.3 is 607 Å². The first-order valence-corrected chi connectivity index (χ1v) is 39.2. The van der Waals surface area contributed by atoms with Gasteiger partial charge in [0.05, 0.1) is 0 Å². The minimum absolute atomic E-state index is 0.128. The van der Waals surface area contributed by atoms with Crippen LogP contribution in [0.2, 0.25) is 0 Å². The number of hydrogen-bond donors (Lipinski definition) is 0. The molecule has 5 aliphatic heterocycles. The molecular weight excluding hydrogens is 1330 g/mol. The van der Waals surface area contributed by atoms with Gasteiger partial charge in [-0.15, -0.1) is 0 Å². The van der Waals surface area contributed by atoms with Crippen LogP contribution in [-0.4, -0.2) is 27.9 Å². The fourth-order valence-electron chi connectivity index (χ4n) is 17.4. The predicted molar refractivity (Wildman–Crippen MR) is 452 cm³/mol. The molecule has 0 saturated carbocycles. The maximum atomic E-state index is 2.84. The van der Waals surface area contributed by atoms with E-state index in [0.29, 0.717) is 0 Å². The van der Waals surface area contributed by atoms with Gasteiger partial charge in [-0.2, -0.15) is 0 Å². The van der Waals surface area contributed by atoms with Crippen LogP contribution in [0.4, 0.5) is 68.2 Å². The Morgan fingerprint density at radius 3 is 0.886 bits per heavy atom. The minimum atomic E-state index is -0.194. The van der Waals surface area contributed by atoms with E-state index in [0.717, 1.165) is 0 Å². The second kappa shape index (κ2) is 23.9. The number of hydrogen-bond acceptors (Lipinski definition) is 4. The summed E-state index contributed by atoms with van der Waals surface area (Å²) in [5.41, 5.74) is 39.2. The average molecular weight is 1420 g/mol. The van der Waals surface area contributed by atoms with Crippen molar-refractivity contribution in [2.24, 2.45) is 0 Å². The zero-order valence-electron chi connectivity index (χ0n) is 62.1. The summed E-state index contributed by atoms with van der Waals surface area (Å²) in [5.74, 6) is 0. The fourth-order valence-corrected chi connectivity index (χ4v) is 20.1. The van der Waals surface area contributed by atoms with E-state index in [9.17, 15) is 0 Å². The summed E-state index contributed by atoms with van der Waals surface area (Å²) in [5, 5.41) is 0. The summed E-state index contributed by atoms with van der Waals surface area (Å²) in [6.07, 6.45) is 0. The topological polar surface area (TPSA) is 13.0 Å². The van der Waals surface area contributed by atoms with Crippen LogP contribution < -0.4 is 52.4 Å². The van der Waals surface area contributed by atoms with Crippen molar-refractivity contribution in [3.05, 3.63) is 313 Å². The second-order valence-electron chi connectivity index (χ2n) is 33.7. The van der Waals surface area contributed by atoms with E-state index >= 15 is 0 Å². The molecule has 0 N–H and O–H groups in total. The van der Waals surface area contributed by atoms with Gasteiger partial charge in [0.2, 0.25) is 0 Å². The van der Waals surface area contributed by atoms with Crippen LogP contribution in [0.5, 0.6) is 0 Å². The molecule has 5 aliphatic rings. The summed E-state index contributed by atoms with van der Waals surface area (Å²) >= 11 is -0.194.